The van der Waals surface area contributed by atoms with Crippen molar-refractivity contribution < 1.29 is 9.53 Å². The van der Waals surface area contributed by atoms with Crippen molar-refractivity contribution in [1.29, 1.82) is 0 Å². The number of aromatic nitrogens is 1. The fourth-order valence-corrected chi connectivity index (χ4v) is 4.06. The summed E-state index contributed by atoms with van der Waals surface area (Å²) >= 11 is 1.47. The lowest BCUT2D eigenvalue weighted by molar-refractivity contribution is -0.121. The predicted octanol–water partition coefficient (Wildman–Crippen LogP) is 3.39. The summed E-state index contributed by atoms with van der Waals surface area (Å²) in [6, 6.07) is 6.14. The van der Waals surface area contributed by atoms with E-state index < -0.39 is 0 Å². The number of nitrogens with two attached hydrogens (primary N) is 1. The number of hydrogen-bond donors (Lipinski definition) is 2. The minimum Gasteiger partial charge on any atom is -0.491 e. The molecule has 0 unspecified atom stereocenters. The molecule has 25 heavy (non-hydrogen) atoms. The van der Waals surface area contributed by atoms with E-state index in [0.29, 0.717) is 24.5 Å². The largest absolute Gasteiger partial charge is 0.491 e. The van der Waals surface area contributed by atoms with Crippen LogP contribution in [0.4, 0.5) is 5.13 Å². The van der Waals surface area contributed by atoms with E-state index in [-0.39, 0.29) is 17.9 Å². The van der Waals surface area contributed by atoms with Crippen LogP contribution in [0.15, 0.2) is 30.9 Å². The highest BCUT2D eigenvalue weighted by Gasteiger charge is 2.28. The fourth-order valence-electron chi connectivity index (χ4n) is 3.08. The van der Waals surface area contributed by atoms with Gasteiger partial charge in [-0.3, -0.25) is 4.79 Å². The van der Waals surface area contributed by atoms with Gasteiger partial charge in [-0.15, -0.1) is 17.9 Å². The number of hydrogen-bond acceptors (Lipinski definition) is 5. The van der Waals surface area contributed by atoms with E-state index in [2.05, 4.69) is 22.9 Å². The molecule has 6 heteroatoms. The number of carbonyl (C=O) groups is 1. The van der Waals surface area contributed by atoms with Crippen LogP contribution < -0.4 is 15.8 Å². The highest BCUT2D eigenvalue weighted by molar-refractivity contribution is 7.15. The molecule has 1 aromatic heterocycles. The Kier molecular flexibility index (Phi) is 5.08. The molecule has 1 atom stereocenters. The third-order valence-corrected chi connectivity index (χ3v) is 5.16. The minimum absolute atomic E-state index is 0.0292. The lowest BCUT2D eigenvalue weighted by Crippen LogP contribution is -2.21. The van der Waals surface area contributed by atoms with E-state index in [1.807, 2.05) is 32.1 Å². The Hall–Kier alpha value is -2.34. The van der Waals surface area contributed by atoms with Crippen LogP contribution in [0.25, 0.3) is 0 Å². The maximum absolute atomic E-state index is 12.1. The summed E-state index contributed by atoms with van der Waals surface area (Å²) in [6.07, 6.45) is 3.08. The molecule has 0 saturated heterocycles. The van der Waals surface area contributed by atoms with E-state index in [1.165, 1.54) is 11.3 Å². The van der Waals surface area contributed by atoms with Crippen LogP contribution in [0, 0.1) is 0 Å². The molecular weight excluding hydrogens is 334 g/mol. The first-order chi connectivity index (χ1) is 12.0. The van der Waals surface area contributed by atoms with Gasteiger partial charge in [0, 0.05) is 17.2 Å². The summed E-state index contributed by atoms with van der Waals surface area (Å²) in [7, 11) is 0. The van der Waals surface area contributed by atoms with E-state index in [0.717, 1.165) is 27.4 Å². The molecule has 132 valence electrons. The molecule has 2 heterocycles. The molecule has 0 saturated carbocycles. The van der Waals surface area contributed by atoms with Gasteiger partial charge in [-0.25, -0.2) is 4.98 Å². The van der Waals surface area contributed by atoms with Crippen LogP contribution in [0.1, 0.15) is 47.9 Å². The number of anilines is 1. The molecule has 0 bridgehead atoms. The third-order valence-electron chi connectivity index (χ3n) is 4.12. The van der Waals surface area contributed by atoms with Crippen LogP contribution in [-0.2, 0) is 17.8 Å². The molecule has 1 aliphatic rings. The standard InChI is InChI=1S/C19H23N3O2S/c1-4-5-13-8-12(6-7-16(13)24-11(2)3)14-9-17(23)21-10-15-18(14)25-19(20)22-15/h4,6-8,11,14H,1,5,9-10H2,2-3H3,(H2,20,22)(H,21,23)/t14-/m1/s1. The van der Waals surface area contributed by atoms with Gasteiger partial charge in [0.2, 0.25) is 5.91 Å². The Balaban J connectivity index is 2.03. The Morgan fingerprint density at radius 2 is 2.32 bits per heavy atom. The second-order valence-electron chi connectivity index (χ2n) is 6.42. The van der Waals surface area contributed by atoms with Crippen LogP contribution in [0.3, 0.4) is 0 Å². The first kappa shape index (κ1) is 17.5. The molecule has 0 fully saturated rings. The van der Waals surface area contributed by atoms with Gasteiger partial charge in [0.25, 0.3) is 0 Å². The summed E-state index contributed by atoms with van der Waals surface area (Å²) in [6.45, 7) is 8.29. The van der Waals surface area contributed by atoms with Crippen LogP contribution >= 0.6 is 11.3 Å². The van der Waals surface area contributed by atoms with Crippen LogP contribution in [0.2, 0.25) is 0 Å². The van der Waals surface area contributed by atoms with E-state index in [4.69, 9.17) is 10.5 Å². The number of benzene rings is 1. The summed E-state index contributed by atoms with van der Waals surface area (Å²) in [5.41, 5.74) is 8.92. The summed E-state index contributed by atoms with van der Waals surface area (Å²) < 4.78 is 5.90. The van der Waals surface area contributed by atoms with Gasteiger partial charge < -0.3 is 15.8 Å². The molecule has 3 rings (SSSR count). The number of carbonyl (C=O) groups excluding carboxylic acids is 1. The van der Waals surface area contributed by atoms with Gasteiger partial charge in [-0.2, -0.15) is 0 Å². The SMILES string of the molecule is C=CCc1cc([C@H]2CC(=O)NCc3nc(N)sc32)ccc1OC(C)C. The van der Waals surface area contributed by atoms with Crippen LogP contribution in [-0.4, -0.2) is 17.0 Å². The van der Waals surface area contributed by atoms with Crippen molar-refractivity contribution in [1.82, 2.24) is 10.3 Å². The first-order valence-electron chi connectivity index (χ1n) is 8.40. The number of fused-ring (bicyclic) bond motifs is 1. The zero-order valence-corrected chi connectivity index (χ0v) is 15.4. The van der Waals surface area contributed by atoms with Gasteiger partial charge in [-0.1, -0.05) is 18.2 Å². The molecule has 2 aromatic rings. The normalized spacial score (nSPS) is 16.9. The van der Waals surface area contributed by atoms with Crippen molar-refractivity contribution in [3.05, 3.63) is 52.6 Å². The molecule has 1 aromatic carbocycles. The smallest absolute Gasteiger partial charge is 0.221 e. The maximum atomic E-state index is 12.1. The van der Waals surface area contributed by atoms with Crippen molar-refractivity contribution in [2.75, 3.05) is 5.73 Å². The number of thiazole rings is 1. The third kappa shape index (κ3) is 3.85. The van der Waals surface area contributed by atoms with Crippen molar-refractivity contribution in [3.8, 4) is 5.75 Å². The van der Waals surface area contributed by atoms with Crippen LogP contribution in [0.5, 0.6) is 5.75 Å². The van der Waals surface area contributed by atoms with Crippen molar-refractivity contribution >= 4 is 22.4 Å². The molecule has 1 amide bonds. The number of nitrogens with zero attached hydrogens (tertiary/aromatic N) is 1. The summed E-state index contributed by atoms with van der Waals surface area (Å²) in [5, 5.41) is 3.44. The van der Waals surface area contributed by atoms with Crippen molar-refractivity contribution in [2.45, 2.75) is 45.3 Å². The minimum atomic E-state index is -0.0380. The Morgan fingerprint density at radius 3 is 3.04 bits per heavy atom. The van der Waals surface area contributed by atoms with Gasteiger partial charge in [0.1, 0.15) is 5.75 Å². The Morgan fingerprint density at radius 1 is 1.52 bits per heavy atom. The van der Waals surface area contributed by atoms with E-state index >= 15 is 0 Å². The average molecular weight is 357 g/mol. The number of allylic oxidation sites excluding steroid dienone is 1. The monoisotopic (exact) mass is 357 g/mol. The number of rotatable bonds is 5. The molecule has 5 nitrogen and oxygen atoms in total. The second-order valence-corrected chi connectivity index (χ2v) is 7.49. The van der Waals surface area contributed by atoms with Crippen molar-refractivity contribution in [2.24, 2.45) is 0 Å². The van der Waals surface area contributed by atoms with Crippen molar-refractivity contribution in [3.63, 3.8) is 0 Å². The quantitative estimate of drug-likeness (QED) is 0.804. The zero-order valence-electron chi connectivity index (χ0n) is 14.5. The molecule has 0 radical (unpaired) electrons. The predicted molar refractivity (Wildman–Crippen MR) is 101 cm³/mol. The Labute approximate surface area is 151 Å². The van der Waals surface area contributed by atoms with E-state index in [9.17, 15) is 4.79 Å². The zero-order chi connectivity index (χ0) is 18.0. The van der Waals surface area contributed by atoms with Gasteiger partial charge in [0.05, 0.1) is 18.3 Å². The lowest BCUT2D eigenvalue weighted by Gasteiger charge is -2.18. The molecule has 1 aliphatic heterocycles. The average Bonchev–Trinajstić information content (AvgIpc) is 2.85. The Bertz CT molecular complexity index is 798. The molecule has 3 N–H and O–H groups in total. The van der Waals surface area contributed by atoms with Gasteiger partial charge in [-0.05, 0) is 37.5 Å². The summed E-state index contributed by atoms with van der Waals surface area (Å²) in [5.74, 6) is 0.853. The number of amides is 1. The van der Waals surface area contributed by atoms with Gasteiger partial charge >= 0.3 is 0 Å². The highest BCUT2D eigenvalue weighted by atomic mass is 32.1. The lowest BCUT2D eigenvalue weighted by atomic mass is 9.91. The first-order valence-corrected chi connectivity index (χ1v) is 9.21. The summed E-state index contributed by atoms with van der Waals surface area (Å²) in [4.78, 5) is 17.6. The highest BCUT2D eigenvalue weighted by Crippen LogP contribution is 2.38. The number of ether oxygens (including phenoxy) is 1. The molecular formula is C19H23N3O2S. The van der Waals surface area contributed by atoms with E-state index in [1.54, 1.807) is 0 Å². The second kappa shape index (κ2) is 7.27. The van der Waals surface area contributed by atoms with Gasteiger partial charge in [0.15, 0.2) is 5.13 Å². The molecule has 0 spiro atoms. The topological polar surface area (TPSA) is 77.2 Å². The fraction of sp³-hybridized carbons (Fsp3) is 0.368. The number of nitrogens with one attached hydrogen (secondary N) is 1. The number of nitrogen functional groups attached to an aromatic ring is 1. The maximum Gasteiger partial charge on any atom is 0.221 e. The molecule has 0 aliphatic carbocycles.